The minimum absolute atomic E-state index is 0.972. The molecule has 0 aliphatic rings. The second kappa shape index (κ2) is 10.9. The first-order valence-electron chi connectivity index (χ1n) is 3.90. The average molecular weight is 296 g/mol. The maximum absolute atomic E-state index is 8.89. The first-order chi connectivity index (χ1) is 6.86. The Labute approximate surface area is 98.6 Å². The van der Waals surface area contributed by atoms with Crippen LogP contribution >= 0.6 is 0 Å². The van der Waals surface area contributed by atoms with E-state index < -0.39 is 11.9 Å². The predicted octanol–water partition coefficient (Wildman–Crippen LogP) is -1.63. The van der Waals surface area contributed by atoms with Crippen LogP contribution < -0.4 is 14.4 Å². The number of carboxylic acids is 2. The van der Waals surface area contributed by atoms with E-state index in [4.69, 9.17) is 19.8 Å². The van der Waals surface area contributed by atoms with E-state index in [9.17, 15) is 0 Å². The fourth-order valence-electron chi connectivity index (χ4n) is 0.410. The van der Waals surface area contributed by atoms with E-state index in [1.807, 2.05) is 18.2 Å². The van der Waals surface area contributed by atoms with Crippen molar-refractivity contribution in [3.63, 3.8) is 0 Å². The minimum atomic E-state index is -1.08. The van der Waals surface area contributed by atoms with E-state index in [-0.39, 0.29) is 0 Å². The fourth-order valence-corrected chi connectivity index (χ4v) is 0.744. The second-order valence-corrected chi connectivity index (χ2v) is 3.27. The molecule has 0 spiro atoms. The molecule has 0 aromatic heterocycles. The molecule has 0 bridgehead atoms. The van der Waals surface area contributed by atoms with Crippen LogP contribution in [0, 0.1) is 0 Å². The molecule has 1 aromatic rings. The Balaban J connectivity index is 0. The van der Waals surface area contributed by atoms with Crippen LogP contribution in [-0.2, 0) is 27.9 Å². The molecule has 0 atom stereocenters. The van der Waals surface area contributed by atoms with E-state index in [1.54, 1.807) is 0 Å². The van der Waals surface area contributed by atoms with E-state index in [0.29, 0.717) is 0 Å². The van der Waals surface area contributed by atoms with Crippen molar-refractivity contribution in [2.45, 2.75) is 13.8 Å². The molecule has 0 unspecified atom stereocenters. The molecule has 0 aliphatic heterocycles. The van der Waals surface area contributed by atoms with Gasteiger partial charge in [0, 0.05) is 11.9 Å². The van der Waals surface area contributed by atoms with Gasteiger partial charge in [-0.25, -0.2) is 0 Å². The standard InChI is InChI=1S/C6H5.2C2H4O2.Ru/c1-2-4-6-5-3-1;2*1-2(3)4;/h1-5H;2*1H3,(H,3,4);/q;;;+2/p-2. The molecular weight excluding hydrogens is 285 g/mol. The third-order valence-corrected chi connectivity index (χ3v) is 1.30. The van der Waals surface area contributed by atoms with Crippen molar-refractivity contribution in [3.8, 4) is 0 Å². The molecule has 1 rings (SSSR count). The zero-order chi connectivity index (χ0) is 12.3. The third kappa shape index (κ3) is 32.3. The Morgan fingerprint density at radius 1 is 1.00 bits per heavy atom. The first-order valence-corrected chi connectivity index (χ1v) is 4.77. The molecule has 83 valence electrons. The molecule has 0 heterocycles. The van der Waals surface area contributed by atoms with Gasteiger partial charge in [0.1, 0.15) is 0 Å². The van der Waals surface area contributed by atoms with E-state index in [0.717, 1.165) is 13.8 Å². The van der Waals surface area contributed by atoms with Crippen LogP contribution in [0.4, 0.5) is 0 Å². The molecule has 5 heteroatoms. The Bertz CT molecular complexity index is 265. The van der Waals surface area contributed by atoms with Gasteiger partial charge in [-0.3, -0.25) is 0 Å². The van der Waals surface area contributed by atoms with Crippen LogP contribution in [-0.4, -0.2) is 11.9 Å². The number of hydrogen-bond acceptors (Lipinski definition) is 4. The van der Waals surface area contributed by atoms with Gasteiger partial charge in [0.15, 0.2) is 0 Å². The molecule has 1 aromatic carbocycles. The van der Waals surface area contributed by atoms with Gasteiger partial charge in [0.2, 0.25) is 0 Å². The van der Waals surface area contributed by atoms with E-state index in [2.05, 4.69) is 30.4 Å². The van der Waals surface area contributed by atoms with Crippen molar-refractivity contribution in [3.05, 3.63) is 30.3 Å². The Kier molecular flexibility index (Phi) is 11.7. The summed E-state index contributed by atoms with van der Waals surface area (Å²) in [7, 11) is 0. The van der Waals surface area contributed by atoms with Crippen LogP contribution in [0.15, 0.2) is 30.3 Å². The normalized spacial score (nSPS) is 7.33. The summed E-state index contributed by atoms with van der Waals surface area (Å²) in [5.74, 6) is -2.17. The molecule has 0 radical (unpaired) electrons. The molecule has 0 fully saturated rings. The average Bonchev–Trinajstić information content (AvgIpc) is 2.03. The Morgan fingerprint density at radius 3 is 1.40 bits per heavy atom. The van der Waals surface area contributed by atoms with E-state index in [1.165, 1.54) is 4.16 Å². The summed E-state index contributed by atoms with van der Waals surface area (Å²) in [4.78, 5) is 17.8. The number of hydrogen-bond donors (Lipinski definition) is 0. The maximum atomic E-state index is 8.89. The first kappa shape index (κ1) is 16.2. The van der Waals surface area contributed by atoms with Gasteiger partial charge in [-0.1, -0.05) is 0 Å². The summed E-state index contributed by atoms with van der Waals surface area (Å²) in [6, 6.07) is 10.2. The molecular formula is C10H11O4Ru. The number of benzene rings is 1. The molecule has 0 saturated heterocycles. The molecule has 0 saturated carbocycles. The van der Waals surface area contributed by atoms with Gasteiger partial charge in [-0.2, -0.15) is 0 Å². The van der Waals surface area contributed by atoms with Gasteiger partial charge >= 0.3 is 52.8 Å². The van der Waals surface area contributed by atoms with Crippen LogP contribution in [0.1, 0.15) is 13.8 Å². The fraction of sp³-hybridized carbons (Fsp3) is 0.200. The van der Waals surface area contributed by atoms with Gasteiger partial charge in [0.05, 0.1) is 0 Å². The summed E-state index contributed by atoms with van der Waals surface area (Å²) in [5, 5.41) is 17.8. The topological polar surface area (TPSA) is 80.3 Å². The van der Waals surface area contributed by atoms with Gasteiger partial charge < -0.3 is 19.8 Å². The second-order valence-electron chi connectivity index (χ2n) is 2.26. The summed E-state index contributed by atoms with van der Waals surface area (Å²) in [5.41, 5.74) is 0. The van der Waals surface area contributed by atoms with Crippen molar-refractivity contribution in [2.24, 2.45) is 0 Å². The van der Waals surface area contributed by atoms with Crippen molar-refractivity contribution >= 4 is 16.1 Å². The Hall–Kier alpha value is -1.22. The summed E-state index contributed by atoms with van der Waals surface area (Å²) in [6.07, 6.45) is 0. The number of aliphatic carboxylic acids is 2. The van der Waals surface area contributed by atoms with Crippen molar-refractivity contribution in [1.82, 2.24) is 0 Å². The number of carbonyl (C=O) groups excluding carboxylic acids is 2. The van der Waals surface area contributed by atoms with Crippen molar-refractivity contribution < 1.29 is 38.1 Å². The van der Waals surface area contributed by atoms with E-state index >= 15 is 0 Å². The molecule has 0 aliphatic carbocycles. The number of carboxylic acid groups (broad SMARTS) is 2. The summed E-state index contributed by atoms with van der Waals surface area (Å²) < 4.78 is 1.25. The van der Waals surface area contributed by atoms with Gasteiger partial charge in [-0.15, -0.1) is 0 Å². The van der Waals surface area contributed by atoms with Crippen molar-refractivity contribution in [1.29, 1.82) is 0 Å². The SMILES string of the molecule is CC(=O)[O-].CC(=O)[O-].[Ru+2][c]1ccccc1. The number of rotatable bonds is 0. The monoisotopic (exact) mass is 297 g/mol. The van der Waals surface area contributed by atoms with Gasteiger partial charge in [0.25, 0.3) is 0 Å². The molecule has 4 nitrogen and oxygen atoms in total. The van der Waals surface area contributed by atoms with Crippen LogP contribution in [0.3, 0.4) is 0 Å². The van der Waals surface area contributed by atoms with Gasteiger partial charge in [-0.05, 0) is 13.8 Å². The zero-order valence-electron chi connectivity index (χ0n) is 8.37. The molecule has 0 amide bonds. The summed E-state index contributed by atoms with van der Waals surface area (Å²) >= 11 is 2.54. The summed E-state index contributed by atoms with van der Waals surface area (Å²) in [6.45, 7) is 1.94. The number of carbonyl (C=O) groups is 2. The van der Waals surface area contributed by atoms with Crippen molar-refractivity contribution in [2.75, 3.05) is 0 Å². The quantitative estimate of drug-likeness (QED) is 0.538. The Morgan fingerprint density at radius 2 is 1.27 bits per heavy atom. The van der Waals surface area contributed by atoms with Crippen LogP contribution in [0.5, 0.6) is 0 Å². The molecule has 15 heavy (non-hydrogen) atoms. The zero-order valence-corrected chi connectivity index (χ0v) is 10.1. The predicted molar refractivity (Wildman–Crippen MR) is 47.4 cm³/mol. The van der Waals surface area contributed by atoms with Crippen LogP contribution in [0.25, 0.3) is 0 Å². The third-order valence-electron chi connectivity index (χ3n) is 0.725. The van der Waals surface area contributed by atoms with Crippen LogP contribution in [0.2, 0.25) is 0 Å². The molecule has 0 N–H and O–H groups in total.